The zero-order valence-corrected chi connectivity index (χ0v) is 14.9. The van der Waals surface area contributed by atoms with E-state index in [2.05, 4.69) is 57.4 Å². The highest BCUT2D eigenvalue weighted by Gasteiger charge is 2.48. The lowest BCUT2D eigenvalue weighted by atomic mass is 9.81. The molecule has 1 N–H and O–H groups in total. The predicted molar refractivity (Wildman–Crippen MR) is 89.2 cm³/mol. The largest absolute Gasteiger partial charge is 0.320 e. The molecule has 118 valence electrons. The van der Waals surface area contributed by atoms with Crippen molar-refractivity contribution < 1.29 is 4.79 Å². The summed E-state index contributed by atoms with van der Waals surface area (Å²) in [6.07, 6.45) is 0.834. The summed E-state index contributed by atoms with van der Waals surface area (Å²) in [4.78, 5) is 16.2. The number of thiophene rings is 1. The second-order valence-electron chi connectivity index (χ2n) is 7.47. The number of nitrogens with one attached hydrogen (secondary N) is 1. The molecule has 3 unspecified atom stereocenters. The highest BCUT2D eigenvalue weighted by Crippen LogP contribution is 2.37. The van der Waals surface area contributed by atoms with Crippen LogP contribution in [0.15, 0.2) is 17.5 Å². The van der Waals surface area contributed by atoms with Crippen LogP contribution in [0.25, 0.3) is 0 Å². The van der Waals surface area contributed by atoms with Crippen LogP contribution in [0.2, 0.25) is 0 Å². The van der Waals surface area contributed by atoms with Gasteiger partial charge in [0.25, 0.3) is 0 Å². The van der Waals surface area contributed by atoms with Gasteiger partial charge < -0.3 is 4.90 Å². The Balaban J connectivity index is 2.28. The van der Waals surface area contributed by atoms with Crippen LogP contribution in [-0.2, 0) is 4.79 Å². The van der Waals surface area contributed by atoms with Gasteiger partial charge in [0.2, 0.25) is 5.91 Å². The van der Waals surface area contributed by atoms with E-state index in [1.54, 1.807) is 11.3 Å². The fourth-order valence-corrected chi connectivity index (χ4v) is 3.34. The third-order valence-electron chi connectivity index (χ3n) is 4.97. The maximum absolute atomic E-state index is 12.9. The molecule has 0 bridgehead atoms. The number of carbonyl (C=O) groups excluding carboxylic acids is 1. The van der Waals surface area contributed by atoms with Gasteiger partial charge in [-0.2, -0.15) is 0 Å². The molecule has 1 fully saturated rings. The van der Waals surface area contributed by atoms with Crippen molar-refractivity contribution in [2.24, 2.45) is 11.3 Å². The lowest BCUT2D eigenvalue weighted by molar-refractivity contribution is -0.134. The molecule has 0 saturated carbocycles. The number of hydrogen-bond acceptors (Lipinski definition) is 3. The van der Waals surface area contributed by atoms with Gasteiger partial charge in [0, 0.05) is 11.4 Å². The molecule has 1 aliphatic rings. The molecule has 3 atom stereocenters. The van der Waals surface area contributed by atoms with Crippen molar-refractivity contribution >= 4 is 17.2 Å². The van der Waals surface area contributed by atoms with E-state index in [-0.39, 0.29) is 17.5 Å². The van der Waals surface area contributed by atoms with Crippen LogP contribution in [-0.4, -0.2) is 22.9 Å². The van der Waals surface area contributed by atoms with Gasteiger partial charge in [-0.3, -0.25) is 10.1 Å². The van der Waals surface area contributed by atoms with Gasteiger partial charge >= 0.3 is 0 Å². The molecule has 1 aliphatic heterocycles. The highest BCUT2D eigenvalue weighted by molar-refractivity contribution is 7.10. The quantitative estimate of drug-likeness (QED) is 0.911. The Morgan fingerprint density at radius 2 is 2.14 bits per heavy atom. The Morgan fingerprint density at radius 3 is 2.62 bits per heavy atom. The van der Waals surface area contributed by atoms with Crippen molar-refractivity contribution in [3.63, 3.8) is 0 Å². The van der Waals surface area contributed by atoms with Gasteiger partial charge in [-0.25, -0.2) is 0 Å². The fourth-order valence-electron chi connectivity index (χ4n) is 2.56. The van der Waals surface area contributed by atoms with Gasteiger partial charge in [0.05, 0.1) is 5.54 Å². The van der Waals surface area contributed by atoms with E-state index in [1.165, 1.54) is 4.88 Å². The van der Waals surface area contributed by atoms with E-state index in [0.717, 1.165) is 13.0 Å². The third-order valence-corrected chi connectivity index (χ3v) is 5.89. The van der Waals surface area contributed by atoms with Crippen LogP contribution in [0, 0.1) is 11.3 Å². The van der Waals surface area contributed by atoms with E-state index < -0.39 is 5.54 Å². The molecule has 1 saturated heterocycles. The van der Waals surface area contributed by atoms with Crippen LogP contribution in [0.3, 0.4) is 0 Å². The fraction of sp³-hybridized carbons (Fsp3) is 0.706. The Kier molecular flexibility index (Phi) is 4.50. The Bertz CT molecular complexity index is 491. The summed E-state index contributed by atoms with van der Waals surface area (Å²) in [6, 6.07) is 4.17. The van der Waals surface area contributed by atoms with Crippen molar-refractivity contribution in [1.29, 1.82) is 0 Å². The van der Waals surface area contributed by atoms with Crippen molar-refractivity contribution in [2.45, 2.75) is 59.7 Å². The van der Waals surface area contributed by atoms with Gasteiger partial charge in [0.1, 0.15) is 6.17 Å². The topological polar surface area (TPSA) is 32.3 Å². The summed E-state index contributed by atoms with van der Waals surface area (Å²) in [5.41, 5.74) is -0.238. The van der Waals surface area contributed by atoms with Crippen LogP contribution in [0.1, 0.15) is 59.0 Å². The van der Waals surface area contributed by atoms with Gasteiger partial charge in [-0.1, -0.05) is 40.7 Å². The summed E-state index contributed by atoms with van der Waals surface area (Å²) in [5.74, 6) is 0.685. The molecule has 21 heavy (non-hydrogen) atoms. The summed E-state index contributed by atoms with van der Waals surface area (Å²) in [6.45, 7) is 13.9. The molecule has 2 heterocycles. The average molecular weight is 308 g/mol. The number of hydrogen-bond donors (Lipinski definition) is 1. The first kappa shape index (κ1) is 16.5. The molecular formula is C17H28N2OS. The minimum atomic E-state index is -0.438. The molecule has 2 rings (SSSR count). The first-order valence-corrected chi connectivity index (χ1v) is 8.69. The van der Waals surface area contributed by atoms with Crippen LogP contribution >= 0.6 is 11.3 Å². The normalized spacial score (nSPS) is 28.2. The summed E-state index contributed by atoms with van der Waals surface area (Å²) >= 11 is 1.72. The molecule has 1 amide bonds. The van der Waals surface area contributed by atoms with Gasteiger partial charge in [0.15, 0.2) is 0 Å². The number of rotatable bonds is 4. The first-order valence-electron chi connectivity index (χ1n) is 7.81. The standard InChI is InChI=1S/C17H28N2OS/c1-7-17(6)15(20)19(11-12(2)16(3,4)5)14(18-17)13-9-8-10-21-13/h8-10,12,14,18H,7,11H2,1-6H3. The summed E-state index contributed by atoms with van der Waals surface area (Å²) in [5, 5.41) is 5.64. The van der Waals surface area contributed by atoms with E-state index in [1.807, 2.05) is 11.8 Å². The lowest BCUT2D eigenvalue weighted by Crippen LogP contribution is -2.44. The van der Waals surface area contributed by atoms with E-state index in [9.17, 15) is 4.79 Å². The van der Waals surface area contributed by atoms with Crippen LogP contribution in [0.4, 0.5) is 0 Å². The van der Waals surface area contributed by atoms with E-state index in [4.69, 9.17) is 0 Å². The van der Waals surface area contributed by atoms with Gasteiger partial charge in [-0.05, 0) is 36.1 Å². The summed E-state index contributed by atoms with van der Waals surface area (Å²) < 4.78 is 0. The average Bonchev–Trinajstić information content (AvgIpc) is 3.00. The van der Waals surface area contributed by atoms with Crippen LogP contribution < -0.4 is 5.32 Å². The number of carbonyl (C=O) groups is 1. The smallest absolute Gasteiger partial charge is 0.244 e. The second kappa shape index (κ2) is 5.73. The minimum Gasteiger partial charge on any atom is -0.320 e. The second-order valence-corrected chi connectivity index (χ2v) is 8.45. The Labute approximate surface area is 132 Å². The number of nitrogens with zero attached hydrogens (tertiary/aromatic N) is 1. The molecule has 0 aromatic carbocycles. The van der Waals surface area contributed by atoms with Crippen molar-refractivity contribution in [3.05, 3.63) is 22.4 Å². The minimum absolute atomic E-state index is 0.0206. The lowest BCUT2D eigenvalue weighted by Gasteiger charge is -2.33. The zero-order chi connectivity index (χ0) is 15.8. The zero-order valence-electron chi connectivity index (χ0n) is 14.1. The predicted octanol–water partition coefficient (Wildman–Crippen LogP) is 4.03. The monoisotopic (exact) mass is 308 g/mol. The maximum Gasteiger partial charge on any atom is 0.244 e. The molecule has 1 aromatic rings. The van der Waals surface area contributed by atoms with E-state index >= 15 is 0 Å². The molecule has 3 nitrogen and oxygen atoms in total. The molecule has 4 heteroatoms. The summed E-state index contributed by atoms with van der Waals surface area (Å²) in [7, 11) is 0. The van der Waals surface area contributed by atoms with Gasteiger partial charge in [-0.15, -0.1) is 11.3 Å². The van der Waals surface area contributed by atoms with Crippen molar-refractivity contribution in [2.75, 3.05) is 6.54 Å². The maximum atomic E-state index is 12.9. The Morgan fingerprint density at radius 1 is 1.48 bits per heavy atom. The molecule has 0 aliphatic carbocycles. The van der Waals surface area contributed by atoms with E-state index in [0.29, 0.717) is 5.92 Å². The first-order chi connectivity index (χ1) is 9.69. The number of amides is 1. The SMILES string of the molecule is CCC1(C)NC(c2cccs2)N(CC(C)C(C)(C)C)C1=O. The highest BCUT2D eigenvalue weighted by atomic mass is 32.1. The molecule has 1 aromatic heterocycles. The third kappa shape index (κ3) is 3.16. The molecule has 0 spiro atoms. The van der Waals surface area contributed by atoms with Crippen molar-refractivity contribution in [1.82, 2.24) is 10.2 Å². The van der Waals surface area contributed by atoms with Crippen molar-refractivity contribution in [3.8, 4) is 0 Å². The van der Waals surface area contributed by atoms with Crippen LogP contribution in [0.5, 0.6) is 0 Å². The Hall–Kier alpha value is -0.870. The molecule has 0 radical (unpaired) electrons. The molecular weight excluding hydrogens is 280 g/mol.